The molecule has 2 N–H and O–H groups in total. The highest BCUT2D eigenvalue weighted by molar-refractivity contribution is 5.86. The third kappa shape index (κ3) is 8.05. The Balaban J connectivity index is 1.35. The molecular formula is C35H41N5O4. The summed E-state index contributed by atoms with van der Waals surface area (Å²) in [4.78, 5) is 25.8. The van der Waals surface area contributed by atoms with E-state index in [0.29, 0.717) is 12.4 Å². The van der Waals surface area contributed by atoms with Gasteiger partial charge >= 0.3 is 6.09 Å². The summed E-state index contributed by atoms with van der Waals surface area (Å²) in [7, 11) is 1.60. The van der Waals surface area contributed by atoms with Crippen LogP contribution in [-0.4, -0.2) is 59.4 Å². The van der Waals surface area contributed by atoms with E-state index in [-0.39, 0.29) is 17.7 Å². The van der Waals surface area contributed by atoms with Crippen LogP contribution < -0.4 is 19.7 Å². The maximum atomic E-state index is 12.9. The molecule has 2 atom stereocenters. The lowest BCUT2D eigenvalue weighted by Crippen LogP contribution is -2.37. The molecule has 1 unspecified atom stereocenters. The Morgan fingerprint density at radius 1 is 0.955 bits per heavy atom. The number of ether oxygens (including phenoxy) is 2. The summed E-state index contributed by atoms with van der Waals surface area (Å²) in [6.07, 6.45) is 5.33. The van der Waals surface area contributed by atoms with Crippen molar-refractivity contribution >= 4 is 23.5 Å². The third-order valence-electron chi connectivity index (χ3n) is 8.03. The Morgan fingerprint density at radius 3 is 2.48 bits per heavy atom. The first-order chi connectivity index (χ1) is 21.5. The molecule has 1 fully saturated rings. The van der Waals surface area contributed by atoms with Gasteiger partial charge in [-0.2, -0.15) is 4.98 Å². The maximum absolute atomic E-state index is 12.9. The highest BCUT2D eigenvalue weighted by Gasteiger charge is 2.33. The first-order valence-electron chi connectivity index (χ1n) is 15.3. The molecule has 1 saturated heterocycles. The SMILES string of the molecule is COc1cccc([C@H](C(C)c2ccccc2)N(C(=O)O)c2ccnc(Nc3cccc(OCCCN4CCCCC4)c3)n2)c1. The minimum Gasteiger partial charge on any atom is -0.497 e. The molecule has 0 radical (unpaired) electrons. The summed E-state index contributed by atoms with van der Waals surface area (Å²) in [6.45, 7) is 6.09. The fraction of sp³-hybridized carbons (Fsp3) is 0.343. The number of amides is 1. The molecular weight excluding hydrogens is 554 g/mol. The first-order valence-corrected chi connectivity index (χ1v) is 15.3. The predicted molar refractivity (Wildman–Crippen MR) is 173 cm³/mol. The number of piperidine rings is 1. The van der Waals surface area contributed by atoms with Crippen LogP contribution in [0.15, 0.2) is 91.1 Å². The fourth-order valence-electron chi connectivity index (χ4n) is 5.78. The summed E-state index contributed by atoms with van der Waals surface area (Å²) < 4.78 is 11.5. The van der Waals surface area contributed by atoms with Crippen molar-refractivity contribution < 1.29 is 19.4 Å². The van der Waals surface area contributed by atoms with Gasteiger partial charge in [-0.3, -0.25) is 4.90 Å². The van der Waals surface area contributed by atoms with Gasteiger partial charge in [-0.15, -0.1) is 0 Å². The molecule has 1 aromatic heterocycles. The van der Waals surface area contributed by atoms with Gasteiger partial charge in [0.2, 0.25) is 5.95 Å². The summed E-state index contributed by atoms with van der Waals surface area (Å²) in [6, 6.07) is 26.1. The molecule has 0 aliphatic carbocycles. The van der Waals surface area contributed by atoms with Crippen LogP contribution in [0.4, 0.5) is 22.2 Å². The standard InChI is InChI=1S/C35H41N5O4/c1-26(27-12-5-3-6-13-27)33(28-14-9-16-30(24-28)43-2)40(35(41)42)32-18-19-36-34(38-32)37-29-15-10-17-31(25-29)44-23-11-22-39-20-7-4-8-21-39/h3,5-6,9-10,12-19,24-26,33H,4,7-8,11,20-23H2,1-2H3,(H,41,42)(H,36,37,38)/t26?,33-/m0/s1. The molecule has 9 nitrogen and oxygen atoms in total. The topological polar surface area (TPSA) is 100 Å². The van der Waals surface area contributed by atoms with Crippen molar-refractivity contribution in [1.29, 1.82) is 0 Å². The van der Waals surface area contributed by atoms with Crippen LogP contribution >= 0.6 is 0 Å². The number of hydrogen-bond donors (Lipinski definition) is 2. The second kappa shape index (κ2) is 15.2. The van der Waals surface area contributed by atoms with Crippen molar-refractivity contribution in [2.45, 2.75) is 44.6 Å². The van der Waals surface area contributed by atoms with Crippen LogP contribution in [0.25, 0.3) is 0 Å². The molecule has 1 aliphatic heterocycles. The zero-order valence-corrected chi connectivity index (χ0v) is 25.4. The van der Waals surface area contributed by atoms with Crippen molar-refractivity contribution in [3.63, 3.8) is 0 Å². The summed E-state index contributed by atoms with van der Waals surface area (Å²) >= 11 is 0. The summed E-state index contributed by atoms with van der Waals surface area (Å²) in [5.74, 6) is 1.75. The van der Waals surface area contributed by atoms with E-state index in [2.05, 4.69) is 20.2 Å². The fourth-order valence-corrected chi connectivity index (χ4v) is 5.78. The average Bonchev–Trinajstić information content (AvgIpc) is 3.06. The van der Waals surface area contributed by atoms with Gasteiger partial charge in [0, 0.05) is 30.4 Å². The molecule has 9 heteroatoms. The minimum atomic E-state index is -1.12. The smallest absolute Gasteiger partial charge is 0.413 e. The van der Waals surface area contributed by atoms with Gasteiger partial charge in [-0.1, -0.05) is 61.9 Å². The Bertz CT molecular complexity index is 1500. The van der Waals surface area contributed by atoms with Gasteiger partial charge in [-0.25, -0.2) is 9.78 Å². The Kier molecular flexibility index (Phi) is 10.6. The van der Waals surface area contributed by atoms with E-state index >= 15 is 0 Å². The van der Waals surface area contributed by atoms with Crippen molar-refractivity contribution in [3.05, 3.63) is 102 Å². The second-order valence-corrected chi connectivity index (χ2v) is 11.1. The molecule has 2 heterocycles. The third-order valence-corrected chi connectivity index (χ3v) is 8.03. The molecule has 1 amide bonds. The quantitative estimate of drug-likeness (QED) is 0.153. The highest BCUT2D eigenvalue weighted by Crippen LogP contribution is 2.39. The normalized spacial score (nSPS) is 14.8. The summed E-state index contributed by atoms with van der Waals surface area (Å²) in [5.41, 5.74) is 2.55. The first kappa shape index (κ1) is 30.8. The van der Waals surface area contributed by atoms with Crippen LogP contribution in [0.1, 0.15) is 55.7 Å². The molecule has 5 rings (SSSR count). The van der Waals surface area contributed by atoms with Gasteiger partial charge in [0.25, 0.3) is 0 Å². The van der Waals surface area contributed by atoms with Crippen LogP contribution in [-0.2, 0) is 0 Å². The number of likely N-dealkylation sites (tertiary alicyclic amines) is 1. The molecule has 1 aliphatic rings. The van der Waals surface area contributed by atoms with Gasteiger partial charge in [0.15, 0.2) is 0 Å². The predicted octanol–water partition coefficient (Wildman–Crippen LogP) is 7.51. The van der Waals surface area contributed by atoms with E-state index in [1.807, 2.05) is 85.8 Å². The monoisotopic (exact) mass is 595 g/mol. The van der Waals surface area contributed by atoms with E-state index in [1.165, 1.54) is 37.3 Å². The van der Waals surface area contributed by atoms with Crippen molar-refractivity contribution in [1.82, 2.24) is 14.9 Å². The number of nitrogens with zero attached hydrogens (tertiary/aromatic N) is 4. The number of methoxy groups -OCH3 is 1. The van der Waals surface area contributed by atoms with Crippen LogP contribution in [0.3, 0.4) is 0 Å². The number of anilines is 3. The lowest BCUT2D eigenvalue weighted by Gasteiger charge is -2.34. The van der Waals surface area contributed by atoms with Gasteiger partial charge in [-0.05, 0) is 73.8 Å². The number of rotatable bonds is 13. The number of hydrogen-bond acceptors (Lipinski definition) is 7. The van der Waals surface area contributed by atoms with E-state index in [1.54, 1.807) is 19.4 Å². The highest BCUT2D eigenvalue weighted by atomic mass is 16.5. The lowest BCUT2D eigenvalue weighted by molar-refractivity contribution is 0.197. The van der Waals surface area contributed by atoms with Crippen molar-refractivity contribution in [3.8, 4) is 11.5 Å². The van der Waals surface area contributed by atoms with Gasteiger partial charge in [0.1, 0.15) is 17.3 Å². The molecule has 0 saturated carbocycles. The Morgan fingerprint density at radius 2 is 1.70 bits per heavy atom. The Hall–Kier alpha value is -4.63. The maximum Gasteiger partial charge on any atom is 0.413 e. The second-order valence-electron chi connectivity index (χ2n) is 11.1. The van der Waals surface area contributed by atoms with Gasteiger partial charge in [0.05, 0.1) is 19.8 Å². The number of aromatic nitrogens is 2. The van der Waals surface area contributed by atoms with Gasteiger partial charge < -0.3 is 24.8 Å². The zero-order valence-electron chi connectivity index (χ0n) is 25.4. The van der Waals surface area contributed by atoms with Crippen LogP contribution in [0.5, 0.6) is 11.5 Å². The minimum absolute atomic E-state index is 0.200. The lowest BCUT2D eigenvalue weighted by atomic mass is 9.87. The van der Waals surface area contributed by atoms with Crippen LogP contribution in [0, 0.1) is 0 Å². The van der Waals surface area contributed by atoms with Crippen molar-refractivity contribution in [2.24, 2.45) is 0 Å². The molecule has 4 aromatic rings. The van der Waals surface area contributed by atoms with E-state index in [0.717, 1.165) is 35.5 Å². The molecule has 44 heavy (non-hydrogen) atoms. The molecule has 230 valence electrons. The number of nitrogens with one attached hydrogen (secondary N) is 1. The number of carboxylic acid groups (broad SMARTS) is 1. The van der Waals surface area contributed by atoms with E-state index in [9.17, 15) is 9.90 Å². The molecule has 3 aromatic carbocycles. The molecule has 0 spiro atoms. The number of benzene rings is 3. The average molecular weight is 596 g/mol. The summed E-state index contributed by atoms with van der Waals surface area (Å²) in [5, 5.41) is 13.8. The molecule has 0 bridgehead atoms. The Labute approximate surface area is 259 Å². The van der Waals surface area contributed by atoms with Crippen LogP contribution in [0.2, 0.25) is 0 Å². The van der Waals surface area contributed by atoms with Crippen molar-refractivity contribution in [2.75, 3.05) is 43.6 Å². The van der Waals surface area contributed by atoms with E-state index < -0.39 is 12.1 Å². The zero-order chi connectivity index (χ0) is 30.7. The van der Waals surface area contributed by atoms with E-state index in [4.69, 9.17) is 9.47 Å². The number of carbonyl (C=O) groups is 1. The largest absolute Gasteiger partial charge is 0.497 e.